The van der Waals surface area contributed by atoms with E-state index in [2.05, 4.69) is 41.2 Å². The minimum absolute atomic E-state index is 0.268. The Kier molecular flexibility index (Phi) is 4.43. The van der Waals surface area contributed by atoms with Gasteiger partial charge in [-0.15, -0.1) is 11.3 Å². The average molecular weight is 265 g/mol. The Morgan fingerprint density at radius 2 is 2.28 bits per heavy atom. The van der Waals surface area contributed by atoms with E-state index in [9.17, 15) is 0 Å². The molecule has 2 aromatic rings. The van der Waals surface area contributed by atoms with Crippen LogP contribution in [0, 0.1) is 0 Å². The molecule has 1 atom stereocenters. The molecule has 0 aliphatic heterocycles. The van der Waals surface area contributed by atoms with Crippen LogP contribution in [0.25, 0.3) is 0 Å². The molecule has 18 heavy (non-hydrogen) atoms. The van der Waals surface area contributed by atoms with Crippen LogP contribution in [0.4, 0.5) is 0 Å². The summed E-state index contributed by atoms with van der Waals surface area (Å²) in [5, 5.41) is 7.75. The number of nitrogens with one attached hydrogen (secondary N) is 1. The second kappa shape index (κ2) is 6.06. The van der Waals surface area contributed by atoms with Crippen LogP contribution in [0.2, 0.25) is 0 Å². The van der Waals surface area contributed by atoms with Gasteiger partial charge < -0.3 is 5.32 Å². The molecule has 0 saturated carbocycles. The first kappa shape index (κ1) is 13.2. The van der Waals surface area contributed by atoms with Gasteiger partial charge in [0.05, 0.1) is 11.6 Å². The number of hydrogen-bond donors (Lipinski definition) is 1. The molecule has 0 saturated heterocycles. The fourth-order valence-corrected chi connectivity index (χ4v) is 2.65. The lowest BCUT2D eigenvalue weighted by molar-refractivity contribution is 0.471. The molecule has 0 aromatic carbocycles. The molecule has 1 N–H and O–H groups in total. The fourth-order valence-electron chi connectivity index (χ4n) is 1.95. The van der Waals surface area contributed by atoms with Crippen molar-refractivity contribution in [1.82, 2.24) is 25.1 Å². The van der Waals surface area contributed by atoms with Crippen molar-refractivity contribution in [3.8, 4) is 0 Å². The van der Waals surface area contributed by atoms with Crippen LogP contribution < -0.4 is 5.32 Å². The normalized spacial score (nSPS) is 13.1. The van der Waals surface area contributed by atoms with E-state index in [0.29, 0.717) is 6.04 Å². The van der Waals surface area contributed by atoms with Crippen LogP contribution in [-0.4, -0.2) is 26.3 Å². The van der Waals surface area contributed by atoms with Crippen LogP contribution >= 0.6 is 11.3 Å². The topological polar surface area (TPSA) is 55.6 Å². The molecule has 0 aliphatic rings. The summed E-state index contributed by atoms with van der Waals surface area (Å²) in [7, 11) is 0. The van der Waals surface area contributed by atoms with Gasteiger partial charge in [-0.25, -0.2) is 9.67 Å². The Labute approximate surface area is 111 Å². The van der Waals surface area contributed by atoms with Crippen molar-refractivity contribution >= 4 is 11.3 Å². The molecule has 0 bridgehead atoms. The highest BCUT2D eigenvalue weighted by Gasteiger charge is 2.17. The van der Waals surface area contributed by atoms with Gasteiger partial charge in [0.1, 0.15) is 12.2 Å². The number of nitrogens with zero attached hydrogens (tertiary/aromatic N) is 4. The summed E-state index contributed by atoms with van der Waals surface area (Å²) in [6.07, 6.45) is 4.40. The molecular weight excluding hydrogens is 246 g/mol. The largest absolute Gasteiger partial charge is 0.309 e. The SMILES string of the molecule is CCNC(Cc1ncnn1C(C)C)c1cncs1. The Hall–Kier alpha value is -1.27. The minimum Gasteiger partial charge on any atom is -0.309 e. The van der Waals surface area contributed by atoms with E-state index in [0.717, 1.165) is 18.8 Å². The average Bonchev–Trinajstić information content (AvgIpc) is 2.99. The molecule has 0 fully saturated rings. The monoisotopic (exact) mass is 265 g/mol. The van der Waals surface area contributed by atoms with Crippen LogP contribution in [0.1, 0.15) is 43.6 Å². The van der Waals surface area contributed by atoms with E-state index >= 15 is 0 Å². The standard InChI is InChI=1S/C12H19N5S/c1-4-14-10(11-6-13-8-18-11)5-12-15-7-16-17(12)9(2)3/h6-10,14H,4-5H2,1-3H3. The zero-order chi connectivity index (χ0) is 13.0. The third kappa shape index (κ3) is 2.94. The molecule has 1 unspecified atom stereocenters. The molecule has 2 aromatic heterocycles. The van der Waals surface area contributed by atoms with Gasteiger partial charge in [0.25, 0.3) is 0 Å². The molecule has 0 amide bonds. The van der Waals surface area contributed by atoms with Gasteiger partial charge in [0, 0.05) is 23.5 Å². The van der Waals surface area contributed by atoms with Gasteiger partial charge in [-0.05, 0) is 20.4 Å². The van der Waals surface area contributed by atoms with Gasteiger partial charge in [-0.3, -0.25) is 4.98 Å². The van der Waals surface area contributed by atoms with Crippen molar-refractivity contribution in [2.75, 3.05) is 6.54 Å². The Bertz CT molecular complexity index is 463. The highest BCUT2D eigenvalue weighted by molar-refractivity contribution is 7.09. The molecule has 6 heteroatoms. The third-order valence-corrected chi connectivity index (χ3v) is 3.66. The van der Waals surface area contributed by atoms with Crippen LogP contribution in [0.3, 0.4) is 0 Å². The summed E-state index contributed by atoms with van der Waals surface area (Å²) >= 11 is 1.68. The summed E-state index contributed by atoms with van der Waals surface area (Å²) in [5.41, 5.74) is 1.87. The number of aromatic nitrogens is 4. The molecular formula is C12H19N5S. The van der Waals surface area contributed by atoms with E-state index in [-0.39, 0.29) is 6.04 Å². The summed E-state index contributed by atoms with van der Waals surface area (Å²) in [5.74, 6) is 1.02. The second-order valence-electron chi connectivity index (χ2n) is 4.43. The predicted molar refractivity (Wildman–Crippen MR) is 72.6 cm³/mol. The first-order valence-electron chi connectivity index (χ1n) is 6.22. The number of thiazole rings is 1. The van der Waals surface area contributed by atoms with Crippen molar-refractivity contribution in [3.63, 3.8) is 0 Å². The van der Waals surface area contributed by atoms with Crippen molar-refractivity contribution < 1.29 is 0 Å². The number of hydrogen-bond acceptors (Lipinski definition) is 5. The van der Waals surface area contributed by atoms with Crippen molar-refractivity contribution in [2.24, 2.45) is 0 Å². The zero-order valence-corrected chi connectivity index (χ0v) is 11.8. The van der Waals surface area contributed by atoms with E-state index < -0.39 is 0 Å². The molecule has 0 aliphatic carbocycles. The van der Waals surface area contributed by atoms with Gasteiger partial charge in [0.15, 0.2) is 0 Å². The highest BCUT2D eigenvalue weighted by Crippen LogP contribution is 2.21. The van der Waals surface area contributed by atoms with Gasteiger partial charge in [-0.2, -0.15) is 5.10 Å². The van der Waals surface area contributed by atoms with E-state index in [4.69, 9.17) is 0 Å². The molecule has 5 nitrogen and oxygen atoms in total. The van der Waals surface area contributed by atoms with Crippen molar-refractivity contribution in [1.29, 1.82) is 0 Å². The molecule has 98 valence electrons. The lowest BCUT2D eigenvalue weighted by Crippen LogP contribution is -2.24. The van der Waals surface area contributed by atoms with Gasteiger partial charge in [-0.1, -0.05) is 6.92 Å². The Balaban J connectivity index is 2.16. The lowest BCUT2D eigenvalue weighted by Gasteiger charge is -2.17. The van der Waals surface area contributed by atoms with Crippen LogP contribution in [0.5, 0.6) is 0 Å². The number of likely N-dealkylation sites (N-methyl/N-ethyl adjacent to an activating group) is 1. The maximum atomic E-state index is 4.37. The Morgan fingerprint density at radius 3 is 2.89 bits per heavy atom. The molecule has 2 heterocycles. The van der Waals surface area contributed by atoms with Crippen LogP contribution in [-0.2, 0) is 6.42 Å². The summed E-state index contributed by atoms with van der Waals surface area (Å²) in [6.45, 7) is 7.28. The first-order valence-corrected chi connectivity index (χ1v) is 7.10. The van der Waals surface area contributed by atoms with E-state index in [1.54, 1.807) is 17.7 Å². The third-order valence-electron chi connectivity index (χ3n) is 2.77. The van der Waals surface area contributed by atoms with Gasteiger partial charge >= 0.3 is 0 Å². The molecule has 0 spiro atoms. The van der Waals surface area contributed by atoms with Crippen LogP contribution in [0.15, 0.2) is 18.0 Å². The van der Waals surface area contributed by atoms with E-state index in [1.165, 1.54) is 4.88 Å². The minimum atomic E-state index is 0.268. The summed E-state index contributed by atoms with van der Waals surface area (Å²) in [4.78, 5) is 9.76. The summed E-state index contributed by atoms with van der Waals surface area (Å²) < 4.78 is 1.98. The Morgan fingerprint density at radius 1 is 1.44 bits per heavy atom. The highest BCUT2D eigenvalue weighted by atomic mass is 32.1. The van der Waals surface area contributed by atoms with Crippen molar-refractivity contribution in [2.45, 2.75) is 39.3 Å². The number of rotatable bonds is 6. The zero-order valence-electron chi connectivity index (χ0n) is 11.0. The second-order valence-corrected chi connectivity index (χ2v) is 5.35. The lowest BCUT2D eigenvalue weighted by atomic mass is 10.1. The maximum absolute atomic E-state index is 4.37. The predicted octanol–water partition coefficient (Wildman–Crippen LogP) is 2.21. The molecule has 2 rings (SSSR count). The first-order chi connectivity index (χ1) is 8.72. The quantitative estimate of drug-likeness (QED) is 0.870. The van der Waals surface area contributed by atoms with Gasteiger partial charge in [0.2, 0.25) is 0 Å². The fraction of sp³-hybridized carbons (Fsp3) is 0.583. The maximum Gasteiger partial charge on any atom is 0.138 e. The van der Waals surface area contributed by atoms with Crippen molar-refractivity contribution in [3.05, 3.63) is 28.7 Å². The summed E-state index contributed by atoms with van der Waals surface area (Å²) in [6, 6.07) is 0.607. The molecule has 0 radical (unpaired) electrons. The van der Waals surface area contributed by atoms with E-state index in [1.807, 2.05) is 16.4 Å². The smallest absolute Gasteiger partial charge is 0.138 e.